The lowest BCUT2D eigenvalue weighted by Crippen LogP contribution is -2.36. The van der Waals surface area contributed by atoms with Gasteiger partial charge in [-0.1, -0.05) is 11.6 Å². The van der Waals surface area contributed by atoms with E-state index in [2.05, 4.69) is 0 Å². The number of hydrogen-bond acceptors (Lipinski definition) is 2. The third kappa shape index (κ3) is 3.49. The first-order chi connectivity index (χ1) is 9.84. The van der Waals surface area contributed by atoms with E-state index >= 15 is 0 Å². The van der Waals surface area contributed by atoms with Crippen molar-refractivity contribution in [1.82, 2.24) is 4.90 Å². The maximum atomic E-state index is 12.6. The Balaban J connectivity index is 2.23. The van der Waals surface area contributed by atoms with Crippen LogP contribution in [-0.2, 0) is 6.18 Å². The van der Waals surface area contributed by atoms with E-state index < -0.39 is 11.7 Å². The fourth-order valence-electron chi connectivity index (χ4n) is 2.57. The average Bonchev–Trinajstić information content (AvgIpc) is 2.85. The molecule has 0 saturated carbocycles. The summed E-state index contributed by atoms with van der Waals surface area (Å²) in [7, 11) is 0. The van der Waals surface area contributed by atoms with E-state index in [-0.39, 0.29) is 29.1 Å². The Bertz CT molecular complexity index is 533. The predicted molar refractivity (Wildman–Crippen MR) is 72.2 cm³/mol. The Kier molecular flexibility index (Phi) is 4.78. The molecule has 1 fully saturated rings. The number of aliphatic hydroxyl groups excluding tert-OH is 1. The van der Waals surface area contributed by atoms with Crippen LogP contribution in [0.1, 0.15) is 35.2 Å². The van der Waals surface area contributed by atoms with Crippen molar-refractivity contribution in [2.75, 3.05) is 13.2 Å². The second-order valence-corrected chi connectivity index (χ2v) is 5.41. The number of amides is 1. The lowest BCUT2D eigenvalue weighted by Gasteiger charge is -2.24. The Morgan fingerprint density at radius 2 is 2.14 bits per heavy atom. The van der Waals surface area contributed by atoms with Crippen LogP contribution in [0.4, 0.5) is 13.2 Å². The molecule has 1 heterocycles. The van der Waals surface area contributed by atoms with Crippen LogP contribution in [0.25, 0.3) is 0 Å². The van der Waals surface area contributed by atoms with Gasteiger partial charge in [-0.3, -0.25) is 4.79 Å². The number of nitrogens with zero attached hydrogens (tertiary/aromatic N) is 1. The molecule has 1 unspecified atom stereocenters. The molecule has 1 aliphatic heterocycles. The van der Waals surface area contributed by atoms with E-state index in [0.29, 0.717) is 13.0 Å². The van der Waals surface area contributed by atoms with Gasteiger partial charge in [0.05, 0.1) is 16.1 Å². The summed E-state index contributed by atoms with van der Waals surface area (Å²) in [5.74, 6) is -0.385. The Morgan fingerprint density at radius 3 is 2.71 bits per heavy atom. The molecule has 1 aromatic carbocycles. The van der Waals surface area contributed by atoms with Crippen LogP contribution in [0.3, 0.4) is 0 Å². The number of rotatable bonds is 3. The minimum Gasteiger partial charge on any atom is -0.396 e. The zero-order valence-corrected chi connectivity index (χ0v) is 11.9. The van der Waals surface area contributed by atoms with Crippen LogP contribution in [0.5, 0.6) is 0 Å². The fourth-order valence-corrected chi connectivity index (χ4v) is 2.83. The number of carbonyl (C=O) groups is 1. The molecule has 7 heteroatoms. The van der Waals surface area contributed by atoms with Crippen LogP contribution < -0.4 is 0 Å². The van der Waals surface area contributed by atoms with Gasteiger partial charge in [-0.2, -0.15) is 13.2 Å². The van der Waals surface area contributed by atoms with Crippen LogP contribution >= 0.6 is 11.6 Å². The monoisotopic (exact) mass is 321 g/mol. The van der Waals surface area contributed by atoms with Gasteiger partial charge in [0.1, 0.15) is 0 Å². The number of alkyl halides is 3. The zero-order valence-electron chi connectivity index (χ0n) is 11.2. The maximum absolute atomic E-state index is 12.6. The summed E-state index contributed by atoms with van der Waals surface area (Å²) in [4.78, 5) is 14.0. The van der Waals surface area contributed by atoms with Crippen LogP contribution in [0.2, 0.25) is 5.02 Å². The third-order valence-electron chi connectivity index (χ3n) is 3.63. The average molecular weight is 322 g/mol. The molecule has 2 rings (SSSR count). The molecule has 1 N–H and O–H groups in total. The summed E-state index contributed by atoms with van der Waals surface area (Å²) in [5.41, 5.74) is -0.813. The SMILES string of the molecule is O=C(c1ccc(C(F)(F)F)cc1Cl)N1CCCC1CCO. The Hall–Kier alpha value is -1.27. The molecule has 1 aliphatic rings. The highest BCUT2D eigenvalue weighted by Gasteiger charge is 2.33. The van der Waals surface area contributed by atoms with Crippen LogP contribution in [0.15, 0.2) is 18.2 Å². The van der Waals surface area contributed by atoms with Gasteiger partial charge in [0.25, 0.3) is 5.91 Å². The van der Waals surface area contributed by atoms with E-state index in [9.17, 15) is 18.0 Å². The highest BCUT2D eigenvalue weighted by molar-refractivity contribution is 6.33. The van der Waals surface area contributed by atoms with E-state index in [1.807, 2.05) is 0 Å². The first-order valence-electron chi connectivity index (χ1n) is 6.63. The highest BCUT2D eigenvalue weighted by Crippen LogP contribution is 2.33. The standard InChI is InChI=1S/C14H15ClF3NO2/c15-12-8-9(14(16,17)18)3-4-11(12)13(21)19-6-1-2-10(19)5-7-20/h3-4,8,10,20H,1-2,5-7H2. The molecular weight excluding hydrogens is 307 g/mol. The predicted octanol–water partition coefficient (Wildman–Crippen LogP) is 3.35. The summed E-state index contributed by atoms with van der Waals surface area (Å²) >= 11 is 5.84. The fraction of sp³-hybridized carbons (Fsp3) is 0.500. The van der Waals surface area contributed by atoms with Crippen molar-refractivity contribution >= 4 is 17.5 Å². The lowest BCUT2D eigenvalue weighted by molar-refractivity contribution is -0.137. The number of likely N-dealkylation sites (tertiary alicyclic amines) is 1. The molecule has 1 atom stereocenters. The molecular formula is C14H15ClF3NO2. The molecule has 1 amide bonds. The van der Waals surface area contributed by atoms with Gasteiger partial charge in [-0.15, -0.1) is 0 Å². The van der Waals surface area contributed by atoms with Gasteiger partial charge in [-0.25, -0.2) is 0 Å². The molecule has 1 saturated heterocycles. The van der Waals surface area contributed by atoms with Crippen LogP contribution in [-0.4, -0.2) is 35.1 Å². The topological polar surface area (TPSA) is 40.5 Å². The van der Waals surface area contributed by atoms with Gasteiger partial charge < -0.3 is 10.0 Å². The molecule has 0 radical (unpaired) electrons. The van der Waals surface area contributed by atoms with Gasteiger partial charge in [0.2, 0.25) is 0 Å². The minimum atomic E-state index is -4.49. The smallest absolute Gasteiger partial charge is 0.396 e. The van der Waals surface area contributed by atoms with Crippen molar-refractivity contribution in [3.8, 4) is 0 Å². The number of halogens is 4. The highest BCUT2D eigenvalue weighted by atomic mass is 35.5. The molecule has 21 heavy (non-hydrogen) atoms. The largest absolute Gasteiger partial charge is 0.416 e. The van der Waals surface area contributed by atoms with E-state index in [4.69, 9.17) is 16.7 Å². The number of benzene rings is 1. The van der Waals surface area contributed by atoms with Crippen molar-refractivity contribution in [3.63, 3.8) is 0 Å². The zero-order chi connectivity index (χ0) is 15.6. The van der Waals surface area contributed by atoms with Crippen molar-refractivity contribution < 1.29 is 23.1 Å². The summed E-state index contributed by atoms with van der Waals surface area (Å²) in [6.45, 7) is 0.496. The van der Waals surface area contributed by atoms with Crippen molar-refractivity contribution in [2.45, 2.75) is 31.5 Å². The number of hydrogen-bond donors (Lipinski definition) is 1. The first-order valence-corrected chi connectivity index (χ1v) is 7.01. The molecule has 3 nitrogen and oxygen atoms in total. The van der Waals surface area contributed by atoms with Crippen LogP contribution in [0, 0.1) is 0 Å². The molecule has 1 aromatic rings. The quantitative estimate of drug-likeness (QED) is 0.927. The second kappa shape index (κ2) is 6.23. The van der Waals surface area contributed by atoms with E-state index in [1.165, 1.54) is 0 Å². The normalized spacial score (nSPS) is 19.1. The molecule has 116 valence electrons. The van der Waals surface area contributed by atoms with Crippen molar-refractivity contribution in [3.05, 3.63) is 34.3 Å². The summed E-state index contributed by atoms with van der Waals surface area (Å²) in [5, 5.41) is 8.78. The molecule has 0 bridgehead atoms. The Labute approximate surface area is 125 Å². The van der Waals surface area contributed by atoms with Gasteiger partial charge in [0.15, 0.2) is 0 Å². The van der Waals surface area contributed by atoms with E-state index in [0.717, 1.165) is 31.0 Å². The summed E-state index contributed by atoms with van der Waals surface area (Å²) in [6.07, 6.45) is -2.43. The first kappa shape index (κ1) is 16.1. The van der Waals surface area contributed by atoms with Gasteiger partial charge >= 0.3 is 6.18 Å². The van der Waals surface area contributed by atoms with E-state index in [1.54, 1.807) is 4.90 Å². The third-order valence-corrected chi connectivity index (χ3v) is 3.94. The minimum absolute atomic E-state index is 0.0325. The van der Waals surface area contributed by atoms with Crippen molar-refractivity contribution in [1.29, 1.82) is 0 Å². The summed E-state index contributed by atoms with van der Waals surface area (Å²) in [6, 6.07) is 2.66. The molecule has 0 aromatic heterocycles. The van der Waals surface area contributed by atoms with Crippen molar-refractivity contribution in [2.24, 2.45) is 0 Å². The van der Waals surface area contributed by atoms with Gasteiger partial charge in [-0.05, 0) is 37.5 Å². The Morgan fingerprint density at radius 1 is 1.43 bits per heavy atom. The summed E-state index contributed by atoms with van der Waals surface area (Å²) < 4.78 is 37.7. The molecule has 0 aliphatic carbocycles. The van der Waals surface area contributed by atoms with Gasteiger partial charge in [0, 0.05) is 19.2 Å². The second-order valence-electron chi connectivity index (χ2n) is 5.00. The maximum Gasteiger partial charge on any atom is 0.416 e. The number of aliphatic hydroxyl groups is 1. The lowest BCUT2D eigenvalue weighted by atomic mass is 10.1. The number of carbonyl (C=O) groups excluding carboxylic acids is 1. The molecule has 0 spiro atoms.